The summed E-state index contributed by atoms with van der Waals surface area (Å²) in [6, 6.07) is 6.28. The van der Waals surface area contributed by atoms with E-state index >= 15 is 0 Å². The molecule has 20 heavy (non-hydrogen) atoms. The fourth-order valence-corrected chi connectivity index (χ4v) is 3.65. The molecule has 3 nitrogen and oxygen atoms in total. The number of anilines is 1. The number of nitrogens with zero attached hydrogens (tertiary/aromatic N) is 1. The molecule has 1 heterocycles. The van der Waals surface area contributed by atoms with E-state index in [-0.39, 0.29) is 5.60 Å². The van der Waals surface area contributed by atoms with Gasteiger partial charge in [0.25, 0.3) is 0 Å². The maximum atomic E-state index is 5.98. The Kier molecular flexibility index (Phi) is 4.94. The molecule has 5 heteroatoms. The number of rotatable bonds is 4. The molecule has 2 rings (SSSR count). The van der Waals surface area contributed by atoms with Crippen LogP contribution in [0.5, 0.6) is 0 Å². The molecule has 0 spiro atoms. The molecule has 0 bridgehead atoms. The van der Waals surface area contributed by atoms with Crippen LogP contribution in [0.1, 0.15) is 26.3 Å². The van der Waals surface area contributed by atoms with E-state index in [0.717, 1.165) is 36.7 Å². The first-order valence-electron chi connectivity index (χ1n) is 6.89. The number of benzene rings is 1. The third-order valence-electron chi connectivity index (χ3n) is 3.32. The molecule has 0 unspecified atom stereocenters. The molecule has 2 N–H and O–H groups in total. The maximum absolute atomic E-state index is 5.98. The maximum Gasteiger partial charge on any atom is 0.107 e. The molecule has 0 amide bonds. The topological polar surface area (TPSA) is 38.5 Å². The predicted octanol–water partition coefficient (Wildman–Crippen LogP) is 3.05. The van der Waals surface area contributed by atoms with Crippen molar-refractivity contribution in [1.82, 2.24) is 0 Å². The lowest BCUT2D eigenvalue weighted by atomic mass is 10.0. The second-order valence-corrected chi connectivity index (χ2v) is 7.22. The van der Waals surface area contributed by atoms with Gasteiger partial charge >= 0.3 is 0 Å². The van der Waals surface area contributed by atoms with Gasteiger partial charge < -0.3 is 15.4 Å². The Morgan fingerprint density at radius 2 is 2.25 bits per heavy atom. The third kappa shape index (κ3) is 3.45. The molecule has 0 aromatic heterocycles. The van der Waals surface area contributed by atoms with Crippen molar-refractivity contribution in [3.8, 4) is 0 Å². The Morgan fingerprint density at radius 1 is 1.50 bits per heavy atom. The van der Waals surface area contributed by atoms with Crippen molar-refractivity contribution in [2.24, 2.45) is 5.73 Å². The van der Waals surface area contributed by atoms with Crippen LogP contribution in [-0.2, 0) is 4.74 Å². The second-order valence-electron chi connectivity index (χ2n) is 5.48. The highest BCUT2D eigenvalue weighted by Crippen LogP contribution is 2.33. The highest BCUT2D eigenvalue weighted by molar-refractivity contribution is 7.99. The van der Waals surface area contributed by atoms with Gasteiger partial charge in [-0.25, -0.2) is 0 Å². The summed E-state index contributed by atoms with van der Waals surface area (Å²) in [7, 11) is 0. The molecular weight excluding hydrogens is 288 g/mol. The summed E-state index contributed by atoms with van der Waals surface area (Å²) in [5, 5.41) is 0. The zero-order valence-electron chi connectivity index (χ0n) is 12.3. The van der Waals surface area contributed by atoms with Crippen LogP contribution < -0.4 is 10.6 Å². The van der Waals surface area contributed by atoms with Crippen LogP contribution in [0.15, 0.2) is 23.1 Å². The van der Waals surface area contributed by atoms with Gasteiger partial charge in [0.05, 0.1) is 12.2 Å². The molecule has 0 saturated carbocycles. The minimum Gasteiger partial charge on any atom is -0.389 e. The standard InChI is InChI=1S/C15H22N2OS2/c1-4-20-12-7-5-6-11(13(12)14(16)19)17-8-9-18-15(2,3)10-17/h5-7H,4,8-10H2,1-3H3,(H2,16,19). The lowest BCUT2D eigenvalue weighted by Gasteiger charge is -2.40. The summed E-state index contributed by atoms with van der Waals surface area (Å²) in [5.74, 6) is 1.01. The van der Waals surface area contributed by atoms with Crippen molar-refractivity contribution in [2.45, 2.75) is 31.3 Å². The number of hydrogen-bond donors (Lipinski definition) is 1. The van der Waals surface area contributed by atoms with Crippen molar-refractivity contribution in [2.75, 3.05) is 30.3 Å². The van der Waals surface area contributed by atoms with Crippen LogP contribution in [0, 0.1) is 0 Å². The van der Waals surface area contributed by atoms with E-state index in [0.29, 0.717) is 4.99 Å². The summed E-state index contributed by atoms with van der Waals surface area (Å²) < 4.78 is 5.78. The number of hydrogen-bond acceptors (Lipinski definition) is 4. The van der Waals surface area contributed by atoms with Gasteiger partial charge in [-0.3, -0.25) is 0 Å². The van der Waals surface area contributed by atoms with Crippen LogP contribution >= 0.6 is 24.0 Å². The van der Waals surface area contributed by atoms with Gasteiger partial charge in [-0.15, -0.1) is 11.8 Å². The average Bonchev–Trinajstić information content (AvgIpc) is 2.37. The molecule has 1 aliphatic heterocycles. The zero-order chi connectivity index (χ0) is 14.8. The fourth-order valence-electron chi connectivity index (χ4n) is 2.53. The van der Waals surface area contributed by atoms with E-state index in [1.807, 2.05) is 0 Å². The van der Waals surface area contributed by atoms with Crippen molar-refractivity contribution in [3.63, 3.8) is 0 Å². The molecule has 0 radical (unpaired) electrons. The Morgan fingerprint density at radius 3 is 2.85 bits per heavy atom. The molecule has 1 aliphatic rings. The van der Waals surface area contributed by atoms with E-state index in [1.165, 1.54) is 4.90 Å². The normalized spacial score (nSPS) is 18.1. The number of ether oxygens (including phenoxy) is 1. The SMILES string of the molecule is CCSc1cccc(N2CCOC(C)(C)C2)c1C(N)=S. The summed E-state index contributed by atoms with van der Waals surface area (Å²) >= 11 is 7.07. The third-order valence-corrected chi connectivity index (χ3v) is 4.46. The van der Waals surface area contributed by atoms with Crippen molar-refractivity contribution >= 4 is 34.7 Å². The molecule has 1 aromatic carbocycles. The minimum absolute atomic E-state index is 0.139. The van der Waals surface area contributed by atoms with E-state index < -0.39 is 0 Å². The number of thiocarbonyl (C=S) groups is 1. The van der Waals surface area contributed by atoms with Gasteiger partial charge in [0.15, 0.2) is 0 Å². The van der Waals surface area contributed by atoms with E-state index in [4.69, 9.17) is 22.7 Å². The second kappa shape index (κ2) is 6.33. The molecule has 1 aromatic rings. The van der Waals surface area contributed by atoms with Gasteiger partial charge in [0.1, 0.15) is 4.99 Å². The van der Waals surface area contributed by atoms with Gasteiger partial charge in [-0.1, -0.05) is 25.2 Å². The fraction of sp³-hybridized carbons (Fsp3) is 0.533. The average molecular weight is 310 g/mol. The predicted molar refractivity (Wildman–Crippen MR) is 91.0 cm³/mol. The van der Waals surface area contributed by atoms with E-state index in [2.05, 4.69) is 43.9 Å². The van der Waals surface area contributed by atoms with Crippen LogP contribution in [0.25, 0.3) is 0 Å². The Balaban J connectivity index is 2.40. The Hall–Kier alpha value is -0.780. The minimum atomic E-state index is -0.139. The molecule has 1 fully saturated rings. The number of nitrogens with two attached hydrogens (primary N) is 1. The molecule has 0 atom stereocenters. The lowest BCUT2D eigenvalue weighted by Crippen LogP contribution is -2.48. The van der Waals surface area contributed by atoms with Crippen LogP contribution in [0.2, 0.25) is 0 Å². The highest BCUT2D eigenvalue weighted by Gasteiger charge is 2.29. The summed E-state index contributed by atoms with van der Waals surface area (Å²) in [6.45, 7) is 8.82. The molecule has 0 aliphatic carbocycles. The van der Waals surface area contributed by atoms with Gasteiger partial charge in [0.2, 0.25) is 0 Å². The van der Waals surface area contributed by atoms with Gasteiger partial charge in [-0.05, 0) is 31.7 Å². The quantitative estimate of drug-likeness (QED) is 0.683. The van der Waals surface area contributed by atoms with Gasteiger partial charge in [-0.2, -0.15) is 0 Å². The van der Waals surface area contributed by atoms with Crippen LogP contribution in [0.4, 0.5) is 5.69 Å². The molecule has 1 saturated heterocycles. The van der Waals surface area contributed by atoms with Crippen molar-refractivity contribution < 1.29 is 4.74 Å². The highest BCUT2D eigenvalue weighted by atomic mass is 32.2. The first kappa shape index (κ1) is 15.6. The Labute approximate surface area is 130 Å². The number of morpholine rings is 1. The first-order valence-corrected chi connectivity index (χ1v) is 8.28. The van der Waals surface area contributed by atoms with Crippen LogP contribution in [-0.4, -0.2) is 36.0 Å². The summed E-state index contributed by atoms with van der Waals surface area (Å²) in [5.41, 5.74) is 7.98. The van der Waals surface area contributed by atoms with Crippen LogP contribution in [0.3, 0.4) is 0 Å². The smallest absolute Gasteiger partial charge is 0.107 e. The monoisotopic (exact) mass is 310 g/mol. The van der Waals surface area contributed by atoms with Crippen molar-refractivity contribution in [1.29, 1.82) is 0 Å². The largest absolute Gasteiger partial charge is 0.389 e. The van der Waals surface area contributed by atoms with E-state index in [1.54, 1.807) is 11.8 Å². The Bertz CT molecular complexity index is 503. The lowest BCUT2D eigenvalue weighted by molar-refractivity contribution is -0.0277. The number of thioether (sulfide) groups is 1. The summed E-state index contributed by atoms with van der Waals surface area (Å²) in [6.07, 6.45) is 0. The molecular formula is C15H22N2OS2. The zero-order valence-corrected chi connectivity index (χ0v) is 13.9. The van der Waals surface area contributed by atoms with Gasteiger partial charge in [0, 0.05) is 29.2 Å². The van der Waals surface area contributed by atoms with E-state index in [9.17, 15) is 0 Å². The first-order chi connectivity index (χ1) is 9.44. The molecule has 110 valence electrons. The summed E-state index contributed by atoms with van der Waals surface area (Å²) in [4.78, 5) is 3.97. The van der Waals surface area contributed by atoms with Crippen molar-refractivity contribution in [3.05, 3.63) is 23.8 Å².